The lowest BCUT2D eigenvalue weighted by Crippen LogP contribution is -2.09. The molecule has 0 aliphatic heterocycles. The van der Waals surface area contributed by atoms with E-state index in [9.17, 15) is 8.78 Å². The molecule has 0 saturated heterocycles. The Bertz CT molecular complexity index is 1330. The summed E-state index contributed by atoms with van der Waals surface area (Å²) >= 11 is 3.07. The monoisotopic (exact) mass is 481 g/mol. The maximum absolute atomic E-state index is 13.8. The molecular formula is C24H21F2N5S2. The second kappa shape index (κ2) is 9.84. The van der Waals surface area contributed by atoms with Crippen LogP contribution in [-0.2, 0) is 25.1 Å². The Balaban J connectivity index is 1.41. The summed E-state index contributed by atoms with van der Waals surface area (Å²) in [4.78, 5) is 5.65. The van der Waals surface area contributed by atoms with Crippen LogP contribution in [0.5, 0.6) is 0 Å². The highest BCUT2D eigenvalue weighted by atomic mass is 32.2. The van der Waals surface area contributed by atoms with Crippen molar-refractivity contribution in [2.75, 3.05) is 0 Å². The van der Waals surface area contributed by atoms with E-state index in [1.54, 1.807) is 35.6 Å². The van der Waals surface area contributed by atoms with E-state index in [2.05, 4.69) is 37.9 Å². The first kappa shape index (κ1) is 21.8. The van der Waals surface area contributed by atoms with Crippen LogP contribution in [0.4, 0.5) is 8.78 Å². The minimum absolute atomic E-state index is 0.279. The average molecular weight is 482 g/mol. The molecule has 3 aromatic heterocycles. The number of benzene rings is 2. The van der Waals surface area contributed by atoms with E-state index in [1.165, 1.54) is 22.2 Å². The van der Waals surface area contributed by atoms with Crippen LogP contribution in [0, 0.1) is 0 Å². The van der Waals surface area contributed by atoms with E-state index in [-0.39, 0.29) is 5.75 Å². The van der Waals surface area contributed by atoms with E-state index in [0.29, 0.717) is 35.0 Å². The minimum atomic E-state index is -2.65. The standard InChI is InChI=1S/C24H21F2N5S2/c25-23(26)31-20-11-5-4-10-19(20)27-22(31)16-33-24-29-28-21(15-18-9-6-14-32-18)30(24)13-12-17-7-2-1-3-8-17/h1-11,14,23H,12-13,15-16H2. The summed E-state index contributed by atoms with van der Waals surface area (Å²) in [6, 6.07) is 21.3. The van der Waals surface area contributed by atoms with Crippen LogP contribution < -0.4 is 0 Å². The van der Waals surface area contributed by atoms with Crippen molar-refractivity contribution in [1.82, 2.24) is 24.3 Å². The molecule has 5 aromatic rings. The fraction of sp³-hybridized carbons (Fsp3) is 0.208. The van der Waals surface area contributed by atoms with Gasteiger partial charge in [-0.1, -0.05) is 60.3 Å². The third-order valence-corrected chi connectivity index (χ3v) is 7.21. The van der Waals surface area contributed by atoms with Crippen molar-refractivity contribution < 1.29 is 8.78 Å². The lowest BCUT2D eigenvalue weighted by molar-refractivity contribution is 0.0722. The van der Waals surface area contributed by atoms with Gasteiger partial charge in [-0.25, -0.2) is 4.98 Å². The van der Waals surface area contributed by atoms with Gasteiger partial charge in [0, 0.05) is 17.8 Å². The highest BCUT2D eigenvalue weighted by Crippen LogP contribution is 2.29. The molecule has 0 unspecified atom stereocenters. The zero-order valence-corrected chi connectivity index (χ0v) is 19.3. The lowest BCUT2D eigenvalue weighted by atomic mass is 10.1. The molecule has 168 valence electrons. The number of rotatable bonds is 9. The molecule has 0 aliphatic carbocycles. The molecule has 0 bridgehead atoms. The number of hydrogen-bond acceptors (Lipinski definition) is 5. The number of hydrogen-bond donors (Lipinski definition) is 0. The Labute approximate surface area is 198 Å². The number of aromatic nitrogens is 5. The van der Waals surface area contributed by atoms with Gasteiger partial charge in [0.05, 0.1) is 16.8 Å². The third kappa shape index (κ3) is 4.84. The molecule has 0 atom stereocenters. The van der Waals surface area contributed by atoms with Gasteiger partial charge in [-0.05, 0) is 35.6 Å². The van der Waals surface area contributed by atoms with Crippen molar-refractivity contribution in [1.29, 1.82) is 0 Å². The topological polar surface area (TPSA) is 48.5 Å². The average Bonchev–Trinajstić information content (AvgIpc) is 3.56. The van der Waals surface area contributed by atoms with Crippen LogP contribution in [0.1, 0.15) is 28.6 Å². The number of thiophene rings is 1. The Hall–Kier alpha value is -3.04. The largest absolute Gasteiger partial charge is 0.320 e. The Morgan fingerprint density at radius 2 is 1.73 bits per heavy atom. The summed E-state index contributed by atoms with van der Waals surface area (Å²) < 4.78 is 30.7. The predicted molar refractivity (Wildman–Crippen MR) is 128 cm³/mol. The number of fused-ring (bicyclic) bond motifs is 1. The second-order valence-corrected chi connectivity index (χ2v) is 9.47. The summed E-state index contributed by atoms with van der Waals surface area (Å²) in [6.07, 6.45) is 1.52. The normalized spacial score (nSPS) is 11.6. The summed E-state index contributed by atoms with van der Waals surface area (Å²) in [5, 5.41) is 11.6. The molecule has 0 saturated carbocycles. The maximum Gasteiger partial charge on any atom is 0.320 e. The van der Waals surface area contributed by atoms with Crippen molar-refractivity contribution in [3.63, 3.8) is 0 Å². The van der Waals surface area contributed by atoms with Crippen LogP contribution in [0.15, 0.2) is 77.3 Å². The quantitative estimate of drug-likeness (QED) is 0.235. The molecule has 0 spiro atoms. The van der Waals surface area contributed by atoms with Crippen LogP contribution >= 0.6 is 23.1 Å². The molecular weight excluding hydrogens is 460 g/mol. The first-order valence-corrected chi connectivity index (χ1v) is 12.4. The van der Waals surface area contributed by atoms with Gasteiger partial charge < -0.3 is 4.57 Å². The zero-order chi connectivity index (χ0) is 22.6. The molecule has 9 heteroatoms. The first-order chi connectivity index (χ1) is 16.2. The fourth-order valence-corrected chi connectivity index (χ4v) is 5.39. The molecule has 0 N–H and O–H groups in total. The summed E-state index contributed by atoms with van der Waals surface area (Å²) in [6.45, 7) is -1.94. The first-order valence-electron chi connectivity index (χ1n) is 10.5. The minimum Gasteiger partial charge on any atom is -0.305 e. The van der Waals surface area contributed by atoms with Gasteiger partial charge in [-0.3, -0.25) is 4.57 Å². The van der Waals surface area contributed by atoms with Gasteiger partial charge in [0.25, 0.3) is 0 Å². The molecule has 0 amide bonds. The number of para-hydroxylation sites is 2. The molecule has 3 heterocycles. The van der Waals surface area contributed by atoms with Crippen molar-refractivity contribution in [2.24, 2.45) is 0 Å². The van der Waals surface area contributed by atoms with Gasteiger partial charge in [0.2, 0.25) is 0 Å². The smallest absolute Gasteiger partial charge is 0.305 e. The number of aryl methyl sites for hydroxylation is 1. The van der Waals surface area contributed by atoms with Gasteiger partial charge >= 0.3 is 6.55 Å². The Morgan fingerprint density at radius 3 is 2.52 bits per heavy atom. The molecule has 2 aromatic carbocycles. The SMILES string of the molecule is FC(F)n1c(CSc2nnc(Cc3cccs3)n2CCc2ccccc2)nc2ccccc21. The Kier molecular flexibility index (Phi) is 6.50. The second-order valence-electron chi connectivity index (χ2n) is 7.50. The van der Waals surface area contributed by atoms with Crippen LogP contribution in [0.25, 0.3) is 11.0 Å². The molecule has 33 heavy (non-hydrogen) atoms. The predicted octanol–water partition coefficient (Wildman–Crippen LogP) is 6.21. The van der Waals surface area contributed by atoms with Gasteiger partial charge in [-0.15, -0.1) is 21.5 Å². The molecule has 5 rings (SSSR count). The van der Waals surface area contributed by atoms with Crippen molar-refractivity contribution >= 4 is 34.1 Å². The molecule has 5 nitrogen and oxygen atoms in total. The van der Waals surface area contributed by atoms with E-state index >= 15 is 0 Å². The van der Waals surface area contributed by atoms with Crippen molar-refractivity contribution in [2.45, 2.75) is 36.8 Å². The zero-order valence-electron chi connectivity index (χ0n) is 17.6. The van der Waals surface area contributed by atoms with E-state index in [0.717, 1.165) is 16.8 Å². The maximum atomic E-state index is 13.8. The highest BCUT2D eigenvalue weighted by molar-refractivity contribution is 7.98. The number of thioether (sulfide) groups is 1. The van der Waals surface area contributed by atoms with E-state index in [4.69, 9.17) is 0 Å². The number of imidazole rings is 1. The lowest BCUT2D eigenvalue weighted by Gasteiger charge is -2.11. The highest BCUT2D eigenvalue weighted by Gasteiger charge is 2.20. The molecule has 0 radical (unpaired) electrons. The van der Waals surface area contributed by atoms with Crippen LogP contribution in [0.3, 0.4) is 0 Å². The number of nitrogens with zero attached hydrogens (tertiary/aromatic N) is 5. The van der Waals surface area contributed by atoms with Crippen LogP contribution in [0.2, 0.25) is 0 Å². The Morgan fingerprint density at radius 1 is 0.909 bits per heavy atom. The summed E-state index contributed by atoms with van der Waals surface area (Å²) in [7, 11) is 0. The summed E-state index contributed by atoms with van der Waals surface area (Å²) in [5.74, 6) is 1.48. The van der Waals surface area contributed by atoms with Gasteiger partial charge in [0.15, 0.2) is 5.16 Å². The van der Waals surface area contributed by atoms with Gasteiger partial charge in [0.1, 0.15) is 11.6 Å². The van der Waals surface area contributed by atoms with Crippen molar-refractivity contribution in [3.05, 3.63) is 94.2 Å². The van der Waals surface area contributed by atoms with Crippen molar-refractivity contribution in [3.8, 4) is 0 Å². The fourth-order valence-electron chi connectivity index (χ4n) is 3.78. The van der Waals surface area contributed by atoms with E-state index in [1.807, 2.05) is 29.6 Å². The molecule has 0 fully saturated rings. The number of halogens is 2. The van der Waals surface area contributed by atoms with Crippen LogP contribution in [-0.4, -0.2) is 24.3 Å². The van der Waals surface area contributed by atoms with Gasteiger partial charge in [-0.2, -0.15) is 8.78 Å². The summed E-state index contributed by atoms with van der Waals surface area (Å²) in [5.41, 5.74) is 2.23. The number of alkyl halides is 2. The third-order valence-electron chi connectivity index (χ3n) is 5.37. The van der Waals surface area contributed by atoms with E-state index < -0.39 is 6.55 Å². The molecule has 0 aliphatic rings.